The van der Waals surface area contributed by atoms with E-state index in [4.69, 9.17) is 5.73 Å². The van der Waals surface area contributed by atoms with Crippen LogP contribution in [-0.2, 0) is 4.79 Å². The van der Waals surface area contributed by atoms with Gasteiger partial charge in [0.15, 0.2) is 5.16 Å². The Hall–Kier alpha value is -1.63. The molecule has 18 heavy (non-hydrogen) atoms. The first kappa shape index (κ1) is 14.4. The molecule has 3 N–H and O–H groups in total. The van der Waals surface area contributed by atoms with Crippen LogP contribution in [-0.4, -0.2) is 27.2 Å². The predicted octanol–water partition coefficient (Wildman–Crippen LogP) is 1.08. The summed E-state index contributed by atoms with van der Waals surface area (Å²) in [5.74, 6) is -0.452. The molecule has 6 nitrogen and oxygen atoms in total. The van der Waals surface area contributed by atoms with Gasteiger partial charge in [-0.15, -0.1) is 0 Å². The van der Waals surface area contributed by atoms with Crippen LogP contribution in [0.4, 0.5) is 4.79 Å². The van der Waals surface area contributed by atoms with Gasteiger partial charge in [0.25, 0.3) is 0 Å². The van der Waals surface area contributed by atoms with Gasteiger partial charge in [-0.25, -0.2) is 14.8 Å². The van der Waals surface area contributed by atoms with Crippen LogP contribution >= 0.6 is 11.8 Å². The molecular weight excluding hydrogens is 252 g/mol. The Labute approximate surface area is 110 Å². The number of imide groups is 1. The minimum Gasteiger partial charge on any atom is -0.351 e. The van der Waals surface area contributed by atoms with Crippen LogP contribution in [0.1, 0.15) is 23.9 Å². The molecule has 1 heterocycles. The first-order chi connectivity index (χ1) is 8.31. The van der Waals surface area contributed by atoms with E-state index >= 15 is 0 Å². The predicted molar refractivity (Wildman–Crippen MR) is 69.3 cm³/mol. The number of aryl methyl sites for hydroxylation is 2. The number of nitrogens with zero attached hydrogens (tertiary/aromatic N) is 2. The Balaban J connectivity index is 2.79. The van der Waals surface area contributed by atoms with Crippen molar-refractivity contribution in [2.24, 2.45) is 5.73 Å². The molecule has 0 bridgehead atoms. The molecule has 7 heteroatoms. The number of amides is 3. The second kappa shape index (κ2) is 5.81. The van der Waals surface area contributed by atoms with E-state index in [0.29, 0.717) is 5.16 Å². The molecule has 0 fully saturated rings. The van der Waals surface area contributed by atoms with E-state index in [9.17, 15) is 9.59 Å². The summed E-state index contributed by atoms with van der Waals surface area (Å²) < 4.78 is 0. The van der Waals surface area contributed by atoms with Gasteiger partial charge >= 0.3 is 6.03 Å². The monoisotopic (exact) mass is 268 g/mol. The molecular formula is C11H16N4O2S. The first-order valence-corrected chi connectivity index (χ1v) is 6.28. The quantitative estimate of drug-likeness (QED) is 0.631. The van der Waals surface area contributed by atoms with E-state index in [0.717, 1.165) is 17.0 Å². The molecule has 1 atom stereocenters. The third kappa shape index (κ3) is 3.69. The van der Waals surface area contributed by atoms with Gasteiger partial charge in [0, 0.05) is 11.4 Å². The van der Waals surface area contributed by atoms with Gasteiger partial charge in [-0.2, -0.15) is 0 Å². The number of urea groups is 1. The first-order valence-electron chi connectivity index (χ1n) is 5.40. The highest BCUT2D eigenvalue weighted by Crippen LogP contribution is 2.21. The van der Waals surface area contributed by atoms with Gasteiger partial charge in [-0.3, -0.25) is 10.1 Å². The molecule has 0 saturated carbocycles. The summed E-state index contributed by atoms with van der Waals surface area (Å²) in [4.78, 5) is 30.7. The number of aromatic nitrogens is 2. The fourth-order valence-electron chi connectivity index (χ4n) is 1.23. The maximum Gasteiger partial charge on any atom is 0.318 e. The number of thioether (sulfide) groups is 1. The summed E-state index contributed by atoms with van der Waals surface area (Å²) in [7, 11) is 0. The van der Waals surface area contributed by atoms with Crippen molar-refractivity contribution >= 4 is 23.7 Å². The largest absolute Gasteiger partial charge is 0.351 e. The fraction of sp³-hybridized carbons (Fsp3) is 0.455. The van der Waals surface area contributed by atoms with Crippen LogP contribution in [0.5, 0.6) is 0 Å². The maximum absolute atomic E-state index is 11.5. The zero-order valence-electron chi connectivity index (χ0n) is 10.8. The lowest BCUT2D eigenvalue weighted by Crippen LogP contribution is -2.39. The molecule has 1 unspecified atom stereocenters. The number of carbonyl (C=O) groups is 2. The third-order valence-corrected chi connectivity index (χ3v) is 3.47. The van der Waals surface area contributed by atoms with Gasteiger partial charge < -0.3 is 5.73 Å². The normalized spacial score (nSPS) is 12.0. The zero-order valence-corrected chi connectivity index (χ0v) is 11.6. The number of carbonyl (C=O) groups excluding carboxylic acids is 2. The lowest BCUT2D eigenvalue weighted by atomic mass is 10.2. The number of hydrogen-bond acceptors (Lipinski definition) is 5. The number of primary amides is 1. The molecule has 0 aliphatic rings. The van der Waals surface area contributed by atoms with E-state index in [1.807, 2.05) is 26.1 Å². The van der Waals surface area contributed by atoms with Gasteiger partial charge in [0.2, 0.25) is 5.91 Å². The highest BCUT2D eigenvalue weighted by Gasteiger charge is 2.18. The summed E-state index contributed by atoms with van der Waals surface area (Å²) in [5, 5.41) is 2.06. The molecule has 0 spiro atoms. The summed E-state index contributed by atoms with van der Waals surface area (Å²) in [6.45, 7) is 7.39. The molecule has 0 aliphatic heterocycles. The molecule has 1 rings (SSSR count). The highest BCUT2D eigenvalue weighted by molar-refractivity contribution is 8.00. The SMILES string of the molecule is Cc1nc(SC(C)C(=O)NC(N)=O)nc(C)c1C. The lowest BCUT2D eigenvalue weighted by Gasteiger charge is -2.11. The van der Waals surface area contributed by atoms with Crippen LogP contribution in [0.2, 0.25) is 0 Å². The van der Waals surface area contributed by atoms with Crippen molar-refractivity contribution < 1.29 is 9.59 Å². The Morgan fingerprint density at radius 2 is 1.72 bits per heavy atom. The van der Waals surface area contributed by atoms with Crippen LogP contribution in [0.3, 0.4) is 0 Å². The van der Waals surface area contributed by atoms with Gasteiger partial charge in [0.05, 0.1) is 5.25 Å². The Morgan fingerprint density at radius 1 is 1.22 bits per heavy atom. The van der Waals surface area contributed by atoms with Crippen LogP contribution in [0, 0.1) is 20.8 Å². The zero-order chi connectivity index (χ0) is 13.9. The molecule has 3 amide bonds. The van der Waals surface area contributed by atoms with E-state index in [2.05, 4.69) is 9.97 Å². The summed E-state index contributed by atoms with van der Waals surface area (Å²) in [5.41, 5.74) is 7.68. The second-order valence-corrected chi connectivity index (χ2v) is 5.22. The Kier molecular flexibility index (Phi) is 4.66. The van der Waals surface area contributed by atoms with Crippen molar-refractivity contribution in [3.63, 3.8) is 0 Å². The smallest absolute Gasteiger partial charge is 0.318 e. The number of nitrogens with one attached hydrogen (secondary N) is 1. The molecule has 1 aromatic heterocycles. The van der Waals surface area contributed by atoms with Crippen molar-refractivity contribution in [2.45, 2.75) is 38.1 Å². The molecule has 98 valence electrons. The van der Waals surface area contributed by atoms with Crippen LogP contribution in [0.15, 0.2) is 5.16 Å². The minimum atomic E-state index is -0.857. The fourth-order valence-corrected chi connectivity index (χ4v) is 2.09. The van der Waals surface area contributed by atoms with E-state index in [1.165, 1.54) is 11.8 Å². The molecule has 0 saturated heterocycles. The average molecular weight is 268 g/mol. The average Bonchev–Trinajstić information content (AvgIpc) is 2.24. The Bertz CT molecular complexity index is 467. The summed E-state index contributed by atoms with van der Waals surface area (Å²) in [6, 6.07) is -0.857. The highest BCUT2D eigenvalue weighted by atomic mass is 32.2. The van der Waals surface area contributed by atoms with Crippen molar-refractivity contribution in [3.05, 3.63) is 17.0 Å². The molecule has 0 aliphatic carbocycles. The Morgan fingerprint density at radius 3 is 2.17 bits per heavy atom. The van der Waals surface area contributed by atoms with Gasteiger partial charge in [-0.1, -0.05) is 11.8 Å². The van der Waals surface area contributed by atoms with E-state index in [-0.39, 0.29) is 0 Å². The van der Waals surface area contributed by atoms with Gasteiger partial charge in [0.1, 0.15) is 0 Å². The van der Waals surface area contributed by atoms with Crippen molar-refractivity contribution in [1.82, 2.24) is 15.3 Å². The van der Waals surface area contributed by atoms with E-state index in [1.54, 1.807) is 6.92 Å². The summed E-state index contributed by atoms with van der Waals surface area (Å²) in [6.07, 6.45) is 0. The third-order valence-electron chi connectivity index (χ3n) is 2.51. The summed E-state index contributed by atoms with van der Waals surface area (Å²) >= 11 is 1.19. The van der Waals surface area contributed by atoms with E-state index < -0.39 is 17.2 Å². The lowest BCUT2D eigenvalue weighted by molar-refractivity contribution is -0.119. The number of nitrogens with two attached hydrogens (primary N) is 1. The minimum absolute atomic E-state index is 0.452. The van der Waals surface area contributed by atoms with Crippen molar-refractivity contribution in [2.75, 3.05) is 0 Å². The standard InChI is InChI=1S/C11H16N4O2S/c1-5-6(2)13-11(14-7(5)3)18-8(4)9(16)15-10(12)17/h8H,1-4H3,(H3,12,15,16,17). The number of rotatable bonds is 3. The second-order valence-electron chi connectivity index (χ2n) is 3.92. The van der Waals surface area contributed by atoms with Crippen LogP contribution in [0.25, 0.3) is 0 Å². The maximum atomic E-state index is 11.5. The van der Waals surface area contributed by atoms with Crippen molar-refractivity contribution in [3.8, 4) is 0 Å². The molecule has 0 aromatic carbocycles. The van der Waals surface area contributed by atoms with Crippen LogP contribution < -0.4 is 11.1 Å². The van der Waals surface area contributed by atoms with Gasteiger partial charge in [-0.05, 0) is 33.3 Å². The molecule has 1 aromatic rings. The van der Waals surface area contributed by atoms with Crippen molar-refractivity contribution in [1.29, 1.82) is 0 Å². The topological polar surface area (TPSA) is 98.0 Å². The molecule has 0 radical (unpaired) electrons. The number of hydrogen-bond donors (Lipinski definition) is 2.